The second-order valence-electron chi connectivity index (χ2n) is 4.35. The van der Waals surface area contributed by atoms with Gasteiger partial charge in [-0.3, -0.25) is 0 Å². The molecule has 0 atom stereocenters. The van der Waals surface area contributed by atoms with Crippen LogP contribution in [-0.4, -0.2) is 26.5 Å². The Bertz CT molecular complexity index is 532. The fraction of sp³-hybridized carbons (Fsp3) is 0.500. The van der Waals surface area contributed by atoms with Crippen molar-refractivity contribution in [3.8, 4) is 11.8 Å². The van der Waals surface area contributed by atoms with Gasteiger partial charge in [-0.15, -0.1) is 0 Å². The largest absolute Gasteiger partial charge is 0.492 e. The van der Waals surface area contributed by atoms with Crippen molar-refractivity contribution in [2.24, 2.45) is 0 Å². The van der Waals surface area contributed by atoms with Gasteiger partial charge < -0.3 is 4.74 Å². The summed E-state index contributed by atoms with van der Waals surface area (Å²) in [7, 11) is -3.03. The molecule has 0 spiro atoms. The highest BCUT2D eigenvalue weighted by Gasteiger charge is 2.10. The molecule has 0 saturated heterocycles. The first-order valence-electron chi connectivity index (χ1n) is 6.41. The van der Waals surface area contributed by atoms with Crippen LogP contribution in [-0.2, 0) is 9.84 Å². The van der Waals surface area contributed by atoms with Crippen molar-refractivity contribution in [3.05, 3.63) is 29.8 Å². The zero-order valence-corrected chi connectivity index (χ0v) is 11.9. The van der Waals surface area contributed by atoms with Crippen LogP contribution >= 0.6 is 0 Å². The van der Waals surface area contributed by atoms with E-state index >= 15 is 0 Å². The van der Waals surface area contributed by atoms with Crippen LogP contribution in [0.2, 0.25) is 0 Å². The Morgan fingerprint density at radius 2 is 2.05 bits per heavy atom. The first-order valence-corrected chi connectivity index (χ1v) is 8.23. The Hall–Kier alpha value is -1.54. The van der Waals surface area contributed by atoms with E-state index in [4.69, 9.17) is 10.00 Å². The summed E-state index contributed by atoms with van der Waals surface area (Å²) in [6.45, 7) is 2.17. The predicted octanol–water partition coefficient (Wildman–Crippen LogP) is 2.54. The summed E-state index contributed by atoms with van der Waals surface area (Å²) in [5, 5.41) is 8.74. The molecule has 104 valence electrons. The van der Waals surface area contributed by atoms with Gasteiger partial charge in [0.05, 0.1) is 23.1 Å². The smallest absolute Gasteiger partial charge is 0.153 e. The first kappa shape index (κ1) is 15.5. The molecule has 0 radical (unpaired) electrons. The van der Waals surface area contributed by atoms with Gasteiger partial charge >= 0.3 is 0 Å². The summed E-state index contributed by atoms with van der Waals surface area (Å²) in [5.74, 6) is 0.776. The van der Waals surface area contributed by atoms with Gasteiger partial charge in [-0.1, -0.05) is 25.8 Å². The molecular formula is C14H19NO3S. The van der Waals surface area contributed by atoms with Crippen molar-refractivity contribution < 1.29 is 13.2 Å². The summed E-state index contributed by atoms with van der Waals surface area (Å²) in [5.41, 5.74) is 0.503. The van der Waals surface area contributed by atoms with E-state index in [1.54, 1.807) is 24.3 Å². The summed E-state index contributed by atoms with van der Waals surface area (Å²) in [6, 6.07) is 8.71. The summed E-state index contributed by atoms with van der Waals surface area (Å²) >= 11 is 0. The second-order valence-corrected chi connectivity index (χ2v) is 6.65. The molecule has 0 aliphatic rings. The number of nitrogens with zero attached hydrogens (tertiary/aromatic N) is 1. The Morgan fingerprint density at radius 3 is 2.74 bits per heavy atom. The van der Waals surface area contributed by atoms with Crippen molar-refractivity contribution in [1.82, 2.24) is 0 Å². The van der Waals surface area contributed by atoms with E-state index in [9.17, 15) is 8.42 Å². The van der Waals surface area contributed by atoms with Crippen molar-refractivity contribution in [2.45, 2.75) is 26.2 Å². The van der Waals surface area contributed by atoms with Crippen molar-refractivity contribution in [3.63, 3.8) is 0 Å². The van der Waals surface area contributed by atoms with E-state index in [0.717, 1.165) is 12.8 Å². The number of unbranched alkanes of at least 4 members (excludes halogenated alkanes) is 2. The van der Waals surface area contributed by atoms with Gasteiger partial charge in [0.1, 0.15) is 12.4 Å². The van der Waals surface area contributed by atoms with Crippen molar-refractivity contribution in [1.29, 1.82) is 5.26 Å². The lowest BCUT2D eigenvalue weighted by Gasteiger charge is -2.07. The number of rotatable bonds is 8. The summed E-state index contributed by atoms with van der Waals surface area (Å²) < 4.78 is 28.7. The maximum atomic E-state index is 11.7. The normalized spacial score (nSPS) is 10.9. The molecular weight excluding hydrogens is 262 g/mol. The van der Waals surface area contributed by atoms with E-state index in [-0.39, 0.29) is 18.1 Å². The molecule has 1 rings (SSSR count). The highest BCUT2D eigenvalue weighted by Crippen LogP contribution is 2.12. The van der Waals surface area contributed by atoms with Crippen LogP contribution in [0, 0.1) is 11.3 Å². The fourth-order valence-electron chi connectivity index (χ4n) is 1.62. The molecule has 0 amide bonds. The molecule has 0 aliphatic carbocycles. The van der Waals surface area contributed by atoms with Crippen LogP contribution in [0.25, 0.3) is 0 Å². The Kier molecular flexibility index (Phi) is 6.37. The average Bonchev–Trinajstić information content (AvgIpc) is 2.39. The van der Waals surface area contributed by atoms with Gasteiger partial charge in [0.15, 0.2) is 9.84 Å². The van der Waals surface area contributed by atoms with Gasteiger partial charge in [-0.05, 0) is 24.6 Å². The zero-order chi connectivity index (χ0) is 14.1. The molecule has 0 unspecified atom stereocenters. The van der Waals surface area contributed by atoms with Gasteiger partial charge in [0, 0.05) is 0 Å². The molecule has 0 heterocycles. The highest BCUT2D eigenvalue weighted by atomic mass is 32.2. The molecule has 4 nitrogen and oxygen atoms in total. The topological polar surface area (TPSA) is 67.2 Å². The van der Waals surface area contributed by atoms with Gasteiger partial charge in [-0.2, -0.15) is 5.26 Å². The third kappa shape index (κ3) is 6.25. The number of benzene rings is 1. The van der Waals surface area contributed by atoms with Crippen molar-refractivity contribution in [2.75, 3.05) is 18.1 Å². The molecule has 0 saturated carbocycles. The maximum Gasteiger partial charge on any atom is 0.153 e. The Labute approximate surface area is 114 Å². The summed E-state index contributed by atoms with van der Waals surface area (Å²) in [6.07, 6.45) is 2.65. The highest BCUT2D eigenvalue weighted by molar-refractivity contribution is 7.91. The lowest BCUT2D eigenvalue weighted by Crippen LogP contribution is -2.17. The lowest BCUT2D eigenvalue weighted by molar-refractivity contribution is 0.340. The lowest BCUT2D eigenvalue weighted by atomic mass is 10.2. The molecule has 0 fully saturated rings. The van der Waals surface area contributed by atoms with Crippen LogP contribution in [0.5, 0.6) is 5.75 Å². The molecule has 0 N–H and O–H groups in total. The van der Waals surface area contributed by atoms with Crippen LogP contribution in [0.1, 0.15) is 31.7 Å². The number of ether oxygens (including phenoxy) is 1. The molecule has 1 aromatic carbocycles. The van der Waals surface area contributed by atoms with E-state index in [1.807, 2.05) is 13.0 Å². The number of hydrogen-bond acceptors (Lipinski definition) is 4. The van der Waals surface area contributed by atoms with Crippen LogP contribution < -0.4 is 4.74 Å². The van der Waals surface area contributed by atoms with Crippen molar-refractivity contribution >= 4 is 9.84 Å². The quantitative estimate of drug-likeness (QED) is 0.687. The number of nitriles is 1. The van der Waals surface area contributed by atoms with Crippen LogP contribution in [0.3, 0.4) is 0 Å². The average molecular weight is 281 g/mol. The Morgan fingerprint density at radius 1 is 1.26 bits per heavy atom. The monoisotopic (exact) mass is 281 g/mol. The Balaban J connectivity index is 2.39. The van der Waals surface area contributed by atoms with Gasteiger partial charge in [0.2, 0.25) is 0 Å². The molecule has 0 bridgehead atoms. The van der Waals surface area contributed by atoms with Gasteiger partial charge in [0.25, 0.3) is 0 Å². The van der Waals surface area contributed by atoms with E-state index in [1.165, 1.54) is 0 Å². The fourth-order valence-corrected chi connectivity index (χ4v) is 2.80. The van der Waals surface area contributed by atoms with Crippen LogP contribution in [0.4, 0.5) is 0 Å². The molecule has 5 heteroatoms. The third-order valence-electron chi connectivity index (χ3n) is 2.69. The summed E-state index contributed by atoms with van der Waals surface area (Å²) in [4.78, 5) is 0. The van der Waals surface area contributed by atoms with Crippen LogP contribution in [0.15, 0.2) is 24.3 Å². The maximum absolute atomic E-state index is 11.7. The molecule has 0 aromatic heterocycles. The van der Waals surface area contributed by atoms with E-state index < -0.39 is 9.84 Å². The van der Waals surface area contributed by atoms with Gasteiger partial charge in [-0.25, -0.2) is 8.42 Å². The first-order chi connectivity index (χ1) is 9.07. The third-order valence-corrected chi connectivity index (χ3v) is 4.38. The van der Waals surface area contributed by atoms with E-state index in [0.29, 0.717) is 17.7 Å². The number of sulfone groups is 1. The second kappa shape index (κ2) is 7.80. The predicted molar refractivity (Wildman–Crippen MR) is 74.8 cm³/mol. The minimum absolute atomic E-state index is 0.0213. The molecule has 0 aliphatic heterocycles. The zero-order valence-electron chi connectivity index (χ0n) is 11.1. The number of hydrogen-bond donors (Lipinski definition) is 0. The molecule has 19 heavy (non-hydrogen) atoms. The van der Waals surface area contributed by atoms with E-state index in [2.05, 4.69) is 0 Å². The molecule has 1 aromatic rings. The minimum Gasteiger partial charge on any atom is -0.492 e. The SMILES string of the molecule is CCCCCS(=O)(=O)CCOc1cccc(C#N)c1. The standard InChI is InChI=1S/C14H19NO3S/c1-2-3-4-9-19(16,17)10-8-18-14-7-5-6-13(11-14)12-15/h5-7,11H,2-4,8-10H2,1H3. The minimum atomic E-state index is -3.03.